The van der Waals surface area contributed by atoms with E-state index >= 15 is 0 Å². The Morgan fingerprint density at radius 3 is 2.33 bits per heavy atom. The van der Waals surface area contributed by atoms with Gasteiger partial charge in [-0.2, -0.15) is 0 Å². The van der Waals surface area contributed by atoms with E-state index in [-0.39, 0.29) is 0 Å². The molecule has 1 saturated carbocycles. The number of aryl methyl sites for hydroxylation is 1. The quantitative estimate of drug-likeness (QED) is 0.421. The molecule has 6 heteroatoms. The number of ether oxygens (including phenoxy) is 1. The number of benzene rings is 3. The van der Waals surface area contributed by atoms with Crippen molar-refractivity contribution < 1.29 is 18.7 Å². The molecule has 3 aromatic carbocycles. The molecule has 1 aliphatic rings. The SMILES string of the molecule is Cc1ccc(NC(=O)[C@@H](OC(=O)C2(c3ccccc3F)CCCC2)c2ccccc2)cc1Cl. The second-order valence-corrected chi connectivity index (χ2v) is 8.83. The maximum absolute atomic E-state index is 14.7. The largest absolute Gasteiger partial charge is 0.447 e. The minimum absolute atomic E-state index is 0.324. The van der Waals surface area contributed by atoms with E-state index in [1.165, 1.54) is 6.07 Å². The number of hydrogen-bond donors (Lipinski definition) is 1. The van der Waals surface area contributed by atoms with Gasteiger partial charge in [0.1, 0.15) is 5.82 Å². The van der Waals surface area contributed by atoms with Gasteiger partial charge < -0.3 is 10.1 Å². The van der Waals surface area contributed by atoms with E-state index in [0.717, 1.165) is 18.4 Å². The van der Waals surface area contributed by atoms with Gasteiger partial charge in [0, 0.05) is 21.8 Å². The van der Waals surface area contributed by atoms with E-state index in [1.807, 2.05) is 13.0 Å². The van der Waals surface area contributed by atoms with Gasteiger partial charge in [-0.25, -0.2) is 4.39 Å². The highest BCUT2D eigenvalue weighted by Crippen LogP contribution is 2.44. The van der Waals surface area contributed by atoms with Gasteiger partial charge in [0.25, 0.3) is 5.91 Å². The summed E-state index contributed by atoms with van der Waals surface area (Å²) in [4.78, 5) is 26.8. The van der Waals surface area contributed by atoms with Crippen LogP contribution in [0.2, 0.25) is 5.02 Å². The lowest BCUT2D eigenvalue weighted by Gasteiger charge is -2.30. The molecule has 0 heterocycles. The molecule has 1 aliphatic carbocycles. The van der Waals surface area contributed by atoms with Crippen molar-refractivity contribution in [2.45, 2.75) is 44.1 Å². The Morgan fingerprint density at radius 1 is 1.00 bits per heavy atom. The second kappa shape index (κ2) is 9.75. The standard InChI is InChI=1S/C27H25ClFNO3/c1-18-13-14-20(17-22(18)28)30-25(31)24(19-9-3-2-4-10-19)33-26(32)27(15-7-8-16-27)21-11-5-6-12-23(21)29/h2-6,9-14,17,24H,7-8,15-16H2,1H3,(H,30,31)/t24-/m0/s1. The van der Waals surface area contributed by atoms with Gasteiger partial charge in [-0.05, 0) is 43.5 Å². The Hall–Kier alpha value is -3.18. The number of esters is 1. The zero-order valence-electron chi connectivity index (χ0n) is 18.3. The number of carbonyl (C=O) groups is 2. The van der Waals surface area contributed by atoms with Crippen molar-refractivity contribution in [2.24, 2.45) is 0 Å². The molecule has 0 saturated heterocycles. The summed E-state index contributed by atoms with van der Waals surface area (Å²) in [6.45, 7) is 1.87. The predicted molar refractivity (Wildman–Crippen MR) is 127 cm³/mol. The maximum atomic E-state index is 14.7. The second-order valence-electron chi connectivity index (χ2n) is 8.42. The third-order valence-electron chi connectivity index (χ3n) is 6.24. The van der Waals surface area contributed by atoms with Crippen LogP contribution in [-0.4, -0.2) is 11.9 Å². The first-order chi connectivity index (χ1) is 15.9. The lowest BCUT2D eigenvalue weighted by molar-refractivity contribution is -0.160. The van der Waals surface area contributed by atoms with Crippen molar-refractivity contribution >= 4 is 29.2 Å². The average Bonchev–Trinajstić information content (AvgIpc) is 3.31. The van der Waals surface area contributed by atoms with E-state index in [2.05, 4.69) is 5.32 Å². The van der Waals surface area contributed by atoms with Gasteiger partial charge >= 0.3 is 5.97 Å². The third kappa shape index (κ3) is 4.79. The van der Waals surface area contributed by atoms with Crippen molar-refractivity contribution in [3.63, 3.8) is 0 Å². The number of halogens is 2. The number of anilines is 1. The van der Waals surface area contributed by atoms with Crippen LogP contribution in [0.4, 0.5) is 10.1 Å². The Kier molecular flexibility index (Phi) is 6.80. The van der Waals surface area contributed by atoms with Gasteiger partial charge in [-0.3, -0.25) is 9.59 Å². The number of amides is 1. The molecule has 0 aromatic heterocycles. The van der Waals surface area contributed by atoms with Crippen LogP contribution in [0.5, 0.6) is 0 Å². The molecule has 1 fully saturated rings. The Balaban J connectivity index is 1.65. The number of carbonyl (C=O) groups excluding carboxylic acids is 2. The van der Waals surface area contributed by atoms with Crippen molar-refractivity contribution in [1.82, 2.24) is 0 Å². The first-order valence-electron chi connectivity index (χ1n) is 11.0. The molecule has 0 unspecified atom stereocenters. The minimum atomic E-state index is -1.19. The molecule has 170 valence electrons. The van der Waals surface area contributed by atoms with Gasteiger partial charge in [0.2, 0.25) is 6.10 Å². The highest BCUT2D eigenvalue weighted by Gasteiger charge is 2.47. The van der Waals surface area contributed by atoms with E-state index in [0.29, 0.717) is 34.7 Å². The molecule has 33 heavy (non-hydrogen) atoms. The third-order valence-corrected chi connectivity index (χ3v) is 6.65. The molecule has 0 aliphatic heterocycles. The fourth-order valence-corrected chi connectivity index (χ4v) is 4.59. The lowest BCUT2D eigenvalue weighted by Crippen LogP contribution is -2.38. The summed E-state index contributed by atoms with van der Waals surface area (Å²) in [7, 11) is 0. The van der Waals surface area contributed by atoms with Gasteiger partial charge in [0.05, 0.1) is 5.41 Å². The summed E-state index contributed by atoms with van der Waals surface area (Å²) in [6.07, 6.45) is 1.33. The van der Waals surface area contributed by atoms with Gasteiger partial charge in [0.15, 0.2) is 0 Å². The zero-order valence-corrected chi connectivity index (χ0v) is 19.1. The normalized spacial score (nSPS) is 15.6. The summed E-state index contributed by atoms with van der Waals surface area (Å²) < 4.78 is 20.6. The fourth-order valence-electron chi connectivity index (χ4n) is 4.41. The molecule has 4 rings (SSSR count). The Morgan fingerprint density at radius 2 is 1.67 bits per heavy atom. The molecule has 0 radical (unpaired) electrons. The van der Waals surface area contributed by atoms with Crippen LogP contribution >= 0.6 is 11.6 Å². The zero-order chi connectivity index (χ0) is 23.4. The number of rotatable bonds is 6. The first-order valence-corrected chi connectivity index (χ1v) is 11.4. The van der Waals surface area contributed by atoms with Crippen molar-refractivity contribution in [3.05, 3.63) is 100 Å². The Bertz CT molecular complexity index is 1160. The number of hydrogen-bond acceptors (Lipinski definition) is 3. The molecule has 0 bridgehead atoms. The maximum Gasteiger partial charge on any atom is 0.317 e. The molecule has 1 N–H and O–H groups in total. The van der Waals surface area contributed by atoms with Crippen LogP contribution < -0.4 is 5.32 Å². The summed E-state index contributed by atoms with van der Waals surface area (Å²) in [5, 5.41) is 3.31. The molecule has 1 amide bonds. The van der Waals surface area contributed by atoms with Crippen LogP contribution in [0.15, 0.2) is 72.8 Å². The molecule has 3 aromatic rings. The van der Waals surface area contributed by atoms with E-state index in [1.54, 1.807) is 60.7 Å². The smallest absolute Gasteiger partial charge is 0.317 e. The van der Waals surface area contributed by atoms with Crippen LogP contribution in [0.1, 0.15) is 48.5 Å². The highest BCUT2D eigenvalue weighted by molar-refractivity contribution is 6.31. The molecular weight excluding hydrogens is 441 g/mol. The minimum Gasteiger partial charge on any atom is -0.447 e. The average molecular weight is 466 g/mol. The van der Waals surface area contributed by atoms with E-state index < -0.39 is 29.2 Å². The molecular formula is C27H25ClFNO3. The monoisotopic (exact) mass is 465 g/mol. The van der Waals surface area contributed by atoms with E-state index in [4.69, 9.17) is 16.3 Å². The summed E-state index contributed by atoms with van der Waals surface area (Å²) >= 11 is 6.19. The topological polar surface area (TPSA) is 55.4 Å². The van der Waals surface area contributed by atoms with Crippen molar-refractivity contribution in [3.8, 4) is 0 Å². The van der Waals surface area contributed by atoms with Crippen molar-refractivity contribution in [2.75, 3.05) is 5.32 Å². The Labute approximate surface area is 197 Å². The molecule has 1 atom stereocenters. The van der Waals surface area contributed by atoms with E-state index in [9.17, 15) is 14.0 Å². The predicted octanol–water partition coefficient (Wildman–Crippen LogP) is 6.52. The van der Waals surface area contributed by atoms with Crippen LogP contribution in [0.3, 0.4) is 0 Å². The van der Waals surface area contributed by atoms with Crippen molar-refractivity contribution in [1.29, 1.82) is 0 Å². The van der Waals surface area contributed by atoms with Gasteiger partial charge in [-0.1, -0.05) is 79.0 Å². The first kappa shape index (κ1) is 23.0. The van der Waals surface area contributed by atoms with Crippen LogP contribution in [-0.2, 0) is 19.7 Å². The lowest BCUT2D eigenvalue weighted by atomic mass is 9.78. The van der Waals surface area contributed by atoms with Crippen LogP contribution in [0, 0.1) is 12.7 Å². The van der Waals surface area contributed by atoms with Gasteiger partial charge in [-0.15, -0.1) is 0 Å². The molecule has 0 spiro atoms. The highest BCUT2D eigenvalue weighted by atomic mass is 35.5. The fraction of sp³-hybridized carbons (Fsp3) is 0.259. The summed E-state index contributed by atoms with van der Waals surface area (Å²) in [5.41, 5.74) is 1.13. The molecule has 4 nitrogen and oxygen atoms in total. The summed E-state index contributed by atoms with van der Waals surface area (Å²) in [5.74, 6) is -1.53. The summed E-state index contributed by atoms with van der Waals surface area (Å²) in [6, 6.07) is 20.3. The number of nitrogens with one attached hydrogen (secondary N) is 1. The van der Waals surface area contributed by atoms with Crippen LogP contribution in [0.25, 0.3) is 0 Å².